The molecule has 0 spiro atoms. The third kappa shape index (κ3) is 11.6. The van der Waals surface area contributed by atoms with Crippen LogP contribution in [0, 0.1) is 17.3 Å². The minimum atomic E-state index is 0.416. The van der Waals surface area contributed by atoms with Crippen molar-refractivity contribution >= 4 is 0 Å². The standard InChI is InChI=1S/C21H43NO/c1-9-23-16-20(14-10-12-17(2)3)22-19(6)13-11-15-21(7,8)18(4)5/h17-18,20,22H,6,9-16H2,1-5,7-8H3. The van der Waals surface area contributed by atoms with Crippen LogP contribution >= 0.6 is 0 Å². The van der Waals surface area contributed by atoms with Crippen LogP contribution < -0.4 is 5.32 Å². The van der Waals surface area contributed by atoms with Gasteiger partial charge in [0.05, 0.1) is 6.61 Å². The zero-order valence-corrected chi connectivity index (χ0v) is 17.0. The fourth-order valence-corrected chi connectivity index (χ4v) is 2.64. The first kappa shape index (κ1) is 22.5. The minimum absolute atomic E-state index is 0.416. The number of rotatable bonds is 14. The van der Waals surface area contributed by atoms with Crippen molar-refractivity contribution in [2.45, 2.75) is 93.0 Å². The second kappa shape index (κ2) is 11.9. The molecule has 0 bridgehead atoms. The van der Waals surface area contributed by atoms with Crippen LogP contribution in [-0.4, -0.2) is 19.3 Å². The summed E-state index contributed by atoms with van der Waals surface area (Å²) < 4.78 is 5.64. The lowest BCUT2D eigenvalue weighted by molar-refractivity contribution is 0.121. The van der Waals surface area contributed by atoms with Crippen molar-refractivity contribution in [3.05, 3.63) is 12.3 Å². The average Bonchev–Trinajstić information content (AvgIpc) is 2.43. The number of nitrogens with one attached hydrogen (secondary N) is 1. The molecule has 0 heterocycles. The summed E-state index contributed by atoms with van der Waals surface area (Å²) in [4.78, 5) is 0. The first-order chi connectivity index (χ1) is 10.7. The summed E-state index contributed by atoms with van der Waals surface area (Å²) in [5.74, 6) is 1.51. The van der Waals surface area contributed by atoms with Gasteiger partial charge in [0.1, 0.15) is 0 Å². The molecule has 1 atom stereocenters. The third-order valence-corrected chi connectivity index (χ3v) is 5.13. The summed E-state index contributed by atoms with van der Waals surface area (Å²) in [6.45, 7) is 21.9. The van der Waals surface area contributed by atoms with Crippen LogP contribution in [0.4, 0.5) is 0 Å². The largest absolute Gasteiger partial charge is 0.384 e. The van der Waals surface area contributed by atoms with E-state index in [4.69, 9.17) is 4.74 Å². The van der Waals surface area contributed by atoms with Crippen molar-refractivity contribution < 1.29 is 4.74 Å². The summed E-state index contributed by atoms with van der Waals surface area (Å²) in [5.41, 5.74) is 1.60. The molecule has 2 nitrogen and oxygen atoms in total. The van der Waals surface area contributed by atoms with Gasteiger partial charge in [-0.25, -0.2) is 0 Å². The highest BCUT2D eigenvalue weighted by Gasteiger charge is 2.21. The SMILES string of the molecule is C=C(CCCC(C)(C)C(C)C)NC(CCCC(C)C)COCC. The van der Waals surface area contributed by atoms with Gasteiger partial charge in [-0.2, -0.15) is 0 Å². The lowest BCUT2D eigenvalue weighted by atomic mass is 9.77. The zero-order valence-electron chi connectivity index (χ0n) is 17.0. The normalized spacial score (nSPS) is 13.6. The Morgan fingerprint density at radius 3 is 2.26 bits per heavy atom. The van der Waals surface area contributed by atoms with Gasteiger partial charge in [0, 0.05) is 18.3 Å². The van der Waals surface area contributed by atoms with Gasteiger partial charge in [-0.15, -0.1) is 0 Å². The quantitative estimate of drug-likeness (QED) is 0.412. The van der Waals surface area contributed by atoms with Gasteiger partial charge in [-0.3, -0.25) is 0 Å². The van der Waals surface area contributed by atoms with Crippen molar-refractivity contribution in [3.63, 3.8) is 0 Å². The Hall–Kier alpha value is -0.500. The number of hydrogen-bond acceptors (Lipinski definition) is 2. The maximum absolute atomic E-state index is 5.64. The Labute approximate surface area is 146 Å². The van der Waals surface area contributed by atoms with E-state index >= 15 is 0 Å². The topological polar surface area (TPSA) is 21.3 Å². The zero-order chi connectivity index (χ0) is 17.9. The van der Waals surface area contributed by atoms with Crippen LogP contribution in [0.15, 0.2) is 12.3 Å². The molecule has 0 rings (SSSR count). The van der Waals surface area contributed by atoms with Gasteiger partial charge >= 0.3 is 0 Å². The van der Waals surface area contributed by atoms with Gasteiger partial charge < -0.3 is 10.1 Å². The van der Waals surface area contributed by atoms with Gasteiger partial charge in [0.25, 0.3) is 0 Å². The fourth-order valence-electron chi connectivity index (χ4n) is 2.64. The first-order valence-corrected chi connectivity index (χ1v) is 9.71. The van der Waals surface area contributed by atoms with Crippen LogP contribution in [0.5, 0.6) is 0 Å². The molecule has 0 aromatic carbocycles. The second-order valence-electron chi connectivity index (χ2n) is 8.43. The van der Waals surface area contributed by atoms with Crippen LogP contribution in [0.25, 0.3) is 0 Å². The molecule has 0 saturated heterocycles. The lowest BCUT2D eigenvalue weighted by Crippen LogP contribution is -2.33. The van der Waals surface area contributed by atoms with Gasteiger partial charge in [0.15, 0.2) is 0 Å². The molecule has 0 fully saturated rings. The summed E-state index contributed by atoms with van der Waals surface area (Å²) in [6.07, 6.45) is 7.27. The Kier molecular flexibility index (Phi) is 11.7. The van der Waals surface area contributed by atoms with E-state index in [1.54, 1.807) is 0 Å². The van der Waals surface area contributed by atoms with Crippen molar-refractivity contribution in [1.29, 1.82) is 0 Å². The molecular formula is C21H43NO. The predicted octanol–water partition coefficient (Wildman–Crippen LogP) is 6.17. The Morgan fingerprint density at radius 2 is 1.74 bits per heavy atom. The summed E-state index contributed by atoms with van der Waals surface area (Å²) >= 11 is 0. The lowest BCUT2D eigenvalue weighted by Gasteiger charge is -2.29. The molecule has 0 aliphatic rings. The predicted molar refractivity (Wildman–Crippen MR) is 104 cm³/mol. The smallest absolute Gasteiger partial charge is 0.0667 e. The first-order valence-electron chi connectivity index (χ1n) is 9.71. The molecule has 0 aromatic heterocycles. The van der Waals surface area contributed by atoms with Crippen LogP contribution in [0.2, 0.25) is 0 Å². The molecule has 0 aliphatic carbocycles. The molecule has 23 heavy (non-hydrogen) atoms. The van der Waals surface area contributed by atoms with Gasteiger partial charge in [0.2, 0.25) is 0 Å². The second-order valence-corrected chi connectivity index (χ2v) is 8.43. The van der Waals surface area contributed by atoms with Crippen LogP contribution in [-0.2, 0) is 4.74 Å². The summed E-state index contributed by atoms with van der Waals surface area (Å²) in [7, 11) is 0. The average molecular weight is 326 g/mol. The molecule has 0 radical (unpaired) electrons. The van der Waals surface area contributed by atoms with E-state index < -0.39 is 0 Å². The Bertz CT molecular complexity index is 307. The molecular weight excluding hydrogens is 282 g/mol. The van der Waals surface area contributed by atoms with E-state index in [9.17, 15) is 0 Å². The van der Waals surface area contributed by atoms with Crippen molar-refractivity contribution in [1.82, 2.24) is 5.32 Å². The van der Waals surface area contributed by atoms with Crippen molar-refractivity contribution in [2.24, 2.45) is 17.3 Å². The van der Waals surface area contributed by atoms with E-state index in [1.807, 2.05) is 0 Å². The maximum Gasteiger partial charge on any atom is 0.0667 e. The van der Waals surface area contributed by atoms with E-state index in [0.717, 1.165) is 31.5 Å². The molecule has 1 unspecified atom stereocenters. The number of ether oxygens (including phenoxy) is 1. The van der Waals surface area contributed by atoms with Crippen LogP contribution in [0.1, 0.15) is 87.0 Å². The fraction of sp³-hybridized carbons (Fsp3) is 0.905. The molecule has 1 N–H and O–H groups in total. The molecule has 0 aromatic rings. The van der Waals surface area contributed by atoms with Gasteiger partial charge in [-0.1, -0.05) is 61.0 Å². The van der Waals surface area contributed by atoms with Gasteiger partial charge in [-0.05, 0) is 49.9 Å². The molecule has 0 saturated carbocycles. The Balaban J connectivity index is 4.15. The highest BCUT2D eigenvalue weighted by Crippen LogP contribution is 2.32. The van der Waals surface area contributed by atoms with Crippen LogP contribution in [0.3, 0.4) is 0 Å². The van der Waals surface area contributed by atoms with Crippen molar-refractivity contribution in [2.75, 3.05) is 13.2 Å². The van der Waals surface area contributed by atoms with Crippen molar-refractivity contribution in [3.8, 4) is 0 Å². The number of hydrogen-bond donors (Lipinski definition) is 1. The number of allylic oxidation sites excluding steroid dienone is 1. The van der Waals surface area contributed by atoms with E-state index in [0.29, 0.717) is 11.5 Å². The molecule has 0 amide bonds. The monoisotopic (exact) mass is 325 g/mol. The molecule has 0 aliphatic heterocycles. The maximum atomic E-state index is 5.64. The highest BCUT2D eigenvalue weighted by atomic mass is 16.5. The molecule has 138 valence electrons. The van der Waals surface area contributed by atoms with E-state index in [1.165, 1.54) is 37.8 Å². The molecule has 2 heteroatoms. The highest BCUT2D eigenvalue weighted by molar-refractivity contribution is 4.94. The Morgan fingerprint density at radius 1 is 1.09 bits per heavy atom. The third-order valence-electron chi connectivity index (χ3n) is 5.13. The van der Waals surface area contributed by atoms with E-state index in [-0.39, 0.29) is 0 Å². The summed E-state index contributed by atoms with van der Waals surface area (Å²) in [5, 5.41) is 3.62. The minimum Gasteiger partial charge on any atom is -0.384 e. The summed E-state index contributed by atoms with van der Waals surface area (Å²) in [6, 6.07) is 0.416. The van der Waals surface area contributed by atoms with E-state index in [2.05, 4.69) is 60.4 Å².